The van der Waals surface area contributed by atoms with E-state index in [2.05, 4.69) is 15.6 Å². The van der Waals surface area contributed by atoms with E-state index >= 15 is 0 Å². The van der Waals surface area contributed by atoms with Crippen LogP contribution in [-0.4, -0.2) is 194 Å². The van der Waals surface area contributed by atoms with Gasteiger partial charge in [0.15, 0.2) is 24.1 Å². The van der Waals surface area contributed by atoms with Gasteiger partial charge in [0.05, 0.1) is 30.8 Å². The molecule has 2 aliphatic carbocycles. The molecule has 4 unspecified atom stereocenters. The molecule has 4 rings (SSSR count). The monoisotopic (exact) mass is 726 g/mol. The van der Waals surface area contributed by atoms with E-state index in [9.17, 15) is 50.8 Å². The number of aliphatic imine (C=N–C) groups is 1. The molecule has 22 heteroatoms. The Morgan fingerprint density at radius 1 is 0.920 bits per heavy atom. The summed E-state index contributed by atoms with van der Waals surface area (Å²) in [6.45, 7) is -0.278. The van der Waals surface area contributed by atoms with Gasteiger partial charge in [0.25, 0.3) is 5.91 Å². The molecule has 22 nitrogen and oxygen atoms in total. The Labute approximate surface area is 287 Å². The standard InChI is InChI=1S/C28H54N8O14/c29-3-1-2-9(38)6-34-7-12-17(40)19(42)20(43)25(47-12)49-22-10(30)4-11(35-26(45)28(46)5-14(28)36-27(32)33)23(21(22)44)50-24-18(41)15(31)16(39)13(8-37)48-24/h9-25,34,37-44,46H,1-8,29-31H2,(H,35,45)(H4,32,33,36)/t9?,10-,11+,12+,13+,14?,15-,16+,17+,18+,19-,20+,21-,22?,23-,24+,25+,28?/m0/s1. The van der Waals surface area contributed by atoms with Gasteiger partial charge in [-0.25, -0.2) is 4.99 Å². The number of ether oxygens (including phenoxy) is 4. The van der Waals surface area contributed by atoms with E-state index in [-0.39, 0.29) is 31.9 Å². The van der Waals surface area contributed by atoms with Crippen LogP contribution < -0.4 is 39.3 Å². The number of guanidine groups is 1. The Kier molecular flexibility index (Phi) is 14.1. The normalized spacial score (nSPS) is 45.4. The van der Waals surface area contributed by atoms with Crippen molar-refractivity contribution in [2.45, 2.75) is 135 Å². The van der Waals surface area contributed by atoms with Crippen LogP contribution >= 0.6 is 0 Å². The van der Waals surface area contributed by atoms with E-state index in [1.165, 1.54) is 0 Å². The topological polar surface area (TPSA) is 403 Å². The molecule has 2 heterocycles. The Hall–Kier alpha value is -1.94. The van der Waals surface area contributed by atoms with Crippen LogP contribution in [0.1, 0.15) is 25.7 Å². The first-order valence-electron chi connectivity index (χ1n) is 16.6. The molecular weight excluding hydrogens is 672 g/mol. The molecule has 2 aliphatic heterocycles. The van der Waals surface area contributed by atoms with E-state index < -0.39 is 122 Å². The highest BCUT2D eigenvalue weighted by atomic mass is 16.7. The third-order valence-electron chi connectivity index (χ3n) is 9.58. The largest absolute Gasteiger partial charge is 0.394 e. The van der Waals surface area contributed by atoms with Gasteiger partial charge in [-0.3, -0.25) is 4.79 Å². The number of aliphatic hydroxyl groups is 9. The summed E-state index contributed by atoms with van der Waals surface area (Å²) in [7, 11) is 0. The van der Waals surface area contributed by atoms with Crippen LogP contribution in [0.5, 0.6) is 0 Å². The van der Waals surface area contributed by atoms with Gasteiger partial charge in [-0.15, -0.1) is 0 Å². The van der Waals surface area contributed by atoms with Crippen LogP contribution in [0, 0.1) is 0 Å². The highest BCUT2D eigenvalue weighted by Gasteiger charge is 2.61. The van der Waals surface area contributed by atoms with Gasteiger partial charge in [-0.1, -0.05) is 0 Å². The maximum atomic E-state index is 13.2. The van der Waals surface area contributed by atoms with Crippen LogP contribution in [0.25, 0.3) is 0 Å². The van der Waals surface area contributed by atoms with Crippen molar-refractivity contribution in [2.75, 3.05) is 26.2 Å². The molecular formula is C28H54N8O14. The second-order valence-electron chi connectivity index (χ2n) is 13.4. The number of nitrogens with one attached hydrogen (secondary N) is 2. The first-order valence-corrected chi connectivity index (χ1v) is 16.6. The van der Waals surface area contributed by atoms with Gasteiger partial charge in [0.1, 0.15) is 61.0 Å². The Bertz CT molecular complexity index is 1140. The lowest BCUT2D eigenvalue weighted by Crippen LogP contribution is -2.69. The number of rotatable bonds is 15. The zero-order valence-electron chi connectivity index (χ0n) is 27.4. The molecule has 2 saturated heterocycles. The van der Waals surface area contributed by atoms with E-state index in [1.807, 2.05) is 0 Å². The zero-order valence-corrected chi connectivity index (χ0v) is 27.4. The maximum Gasteiger partial charge on any atom is 0.254 e. The van der Waals surface area contributed by atoms with Crippen molar-refractivity contribution in [1.29, 1.82) is 0 Å². The average Bonchev–Trinajstić information content (AvgIpc) is 3.73. The second-order valence-corrected chi connectivity index (χ2v) is 13.4. The van der Waals surface area contributed by atoms with Gasteiger partial charge in [-0.05, 0) is 25.8 Å². The predicted octanol–water partition coefficient (Wildman–Crippen LogP) is -9.63. The van der Waals surface area contributed by atoms with E-state index in [4.69, 9.17) is 47.6 Å². The molecule has 0 radical (unpaired) electrons. The number of aliphatic hydroxyl groups excluding tert-OH is 8. The molecule has 0 spiro atoms. The number of carbonyl (C=O) groups is 1. The third-order valence-corrected chi connectivity index (χ3v) is 9.58. The predicted molar refractivity (Wildman–Crippen MR) is 169 cm³/mol. The molecule has 21 N–H and O–H groups in total. The molecule has 50 heavy (non-hydrogen) atoms. The number of hydrogen-bond acceptors (Lipinski definition) is 19. The smallest absolute Gasteiger partial charge is 0.254 e. The molecule has 4 fully saturated rings. The second kappa shape index (κ2) is 17.3. The molecule has 1 amide bonds. The summed E-state index contributed by atoms with van der Waals surface area (Å²) in [5.74, 6) is -1.28. The molecule has 4 aliphatic rings. The summed E-state index contributed by atoms with van der Waals surface area (Å²) < 4.78 is 23.1. The average molecular weight is 727 g/mol. The first kappa shape index (κ1) is 40.8. The highest BCUT2D eigenvalue weighted by Crippen LogP contribution is 2.40. The summed E-state index contributed by atoms with van der Waals surface area (Å²) in [6.07, 6.45) is -18.9. The minimum atomic E-state index is -1.99. The fraction of sp³-hybridized carbons (Fsp3) is 0.929. The number of carbonyl (C=O) groups excluding carboxylic acids is 1. The highest BCUT2D eigenvalue weighted by molar-refractivity contribution is 5.90. The fourth-order valence-corrected chi connectivity index (χ4v) is 6.43. The van der Waals surface area contributed by atoms with Gasteiger partial charge in [0.2, 0.25) is 0 Å². The SMILES string of the molecule is NCCCC(O)CNC[C@H]1O[C@H](OC2[C@@H](N)C[C@@H](NC(=O)C3(O)CC3N=C(N)N)[C@H](O[C@H]3O[C@H](CO)[C@@H](O)[C@H](N)[C@H]3O)[C@H]2O)[C@H](O)[C@@H](O)[C@@H]1O. The van der Waals surface area contributed by atoms with Gasteiger partial charge in [0, 0.05) is 25.6 Å². The van der Waals surface area contributed by atoms with E-state index in [0.29, 0.717) is 19.4 Å². The van der Waals surface area contributed by atoms with Crippen molar-refractivity contribution in [3.8, 4) is 0 Å². The van der Waals surface area contributed by atoms with Crippen molar-refractivity contribution in [3.05, 3.63) is 0 Å². The quantitative estimate of drug-likeness (QED) is 0.0550. The molecule has 18 atom stereocenters. The van der Waals surface area contributed by atoms with Crippen LogP contribution in [0.2, 0.25) is 0 Å². The lowest BCUT2D eigenvalue weighted by molar-refractivity contribution is -0.333. The van der Waals surface area contributed by atoms with Crippen molar-refractivity contribution in [3.63, 3.8) is 0 Å². The number of nitrogens with two attached hydrogens (primary N) is 5. The Balaban J connectivity index is 1.52. The van der Waals surface area contributed by atoms with Crippen LogP contribution in [0.4, 0.5) is 0 Å². The van der Waals surface area contributed by atoms with Crippen molar-refractivity contribution in [1.82, 2.24) is 10.6 Å². The first-order chi connectivity index (χ1) is 23.5. The number of hydrogen-bond donors (Lipinski definition) is 16. The summed E-state index contributed by atoms with van der Waals surface area (Å²) in [6, 6.07) is -4.62. The molecule has 0 aromatic carbocycles. The van der Waals surface area contributed by atoms with E-state index in [1.54, 1.807) is 0 Å². The Morgan fingerprint density at radius 2 is 1.56 bits per heavy atom. The molecule has 0 aromatic heterocycles. The summed E-state index contributed by atoms with van der Waals surface area (Å²) in [4.78, 5) is 17.0. The maximum absolute atomic E-state index is 13.2. The minimum Gasteiger partial charge on any atom is -0.394 e. The van der Waals surface area contributed by atoms with Gasteiger partial charge >= 0.3 is 0 Å². The Morgan fingerprint density at radius 3 is 2.20 bits per heavy atom. The number of amides is 1. The zero-order chi connectivity index (χ0) is 37.1. The summed E-state index contributed by atoms with van der Waals surface area (Å²) >= 11 is 0. The van der Waals surface area contributed by atoms with Crippen molar-refractivity contribution < 1.29 is 69.7 Å². The van der Waals surface area contributed by atoms with Crippen molar-refractivity contribution >= 4 is 11.9 Å². The van der Waals surface area contributed by atoms with Gasteiger partial charge in [-0.2, -0.15) is 0 Å². The summed E-state index contributed by atoms with van der Waals surface area (Å²) in [5.41, 5.74) is 26.6. The molecule has 0 aromatic rings. The molecule has 0 bridgehead atoms. The van der Waals surface area contributed by atoms with Crippen LogP contribution in [0.3, 0.4) is 0 Å². The van der Waals surface area contributed by atoms with Gasteiger partial charge < -0.3 is 104 Å². The third kappa shape index (κ3) is 9.16. The lowest BCUT2D eigenvalue weighted by Gasteiger charge is -2.49. The summed E-state index contributed by atoms with van der Waals surface area (Å²) in [5, 5.41) is 101. The lowest BCUT2D eigenvalue weighted by atomic mass is 9.83. The molecule has 2 saturated carbocycles. The van der Waals surface area contributed by atoms with Crippen molar-refractivity contribution in [2.24, 2.45) is 33.7 Å². The van der Waals surface area contributed by atoms with Crippen LogP contribution in [0.15, 0.2) is 4.99 Å². The molecule has 290 valence electrons. The van der Waals surface area contributed by atoms with E-state index in [0.717, 1.165) is 0 Å². The fourth-order valence-electron chi connectivity index (χ4n) is 6.43. The minimum absolute atomic E-state index is 0.0810. The van der Waals surface area contributed by atoms with Crippen LogP contribution in [-0.2, 0) is 23.7 Å². The number of nitrogens with zero attached hydrogens (tertiary/aromatic N) is 1.